The first kappa shape index (κ1) is 19.0. The van der Waals surface area contributed by atoms with Crippen LogP contribution in [0.25, 0.3) is 0 Å². The standard InChI is InChI=1S/C14H30N4.HI/c1-5-12(3)17-14(15-4)16-11-13-9-7-8-10-18(13)6-2;/h12-13H,5-11H2,1-4H3,(H2,15,16,17);1H. The molecule has 0 bridgehead atoms. The molecule has 114 valence electrons. The minimum absolute atomic E-state index is 0. The molecule has 1 heterocycles. The maximum Gasteiger partial charge on any atom is 0.191 e. The minimum Gasteiger partial charge on any atom is -0.355 e. The number of hydrogen-bond donors (Lipinski definition) is 2. The molecule has 0 aliphatic carbocycles. The highest BCUT2D eigenvalue weighted by Crippen LogP contribution is 2.15. The Morgan fingerprint density at radius 2 is 2.11 bits per heavy atom. The highest BCUT2D eigenvalue weighted by atomic mass is 127. The van der Waals surface area contributed by atoms with E-state index in [4.69, 9.17) is 0 Å². The molecule has 0 aromatic heterocycles. The highest BCUT2D eigenvalue weighted by Gasteiger charge is 2.20. The van der Waals surface area contributed by atoms with Crippen molar-refractivity contribution in [1.29, 1.82) is 0 Å². The number of aliphatic imine (C=N–C) groups is 1. The van der Waals surface area contributed by atoms with Crippen molar-refractivity contribution in [2.24, 2.45) is 4.99 Å². The van der Waals surface area contributed by atoms with Gasteiger partial charge in [-0.1, -0.05) is 20.3 Å². The molecule has 1 rings (SSSR count). The molecule has 4 nitrogen and oxygen atoms in total. The Balaban J connectivity index is 0.00000324. The fourth-order valence-corrected chi connectivity index (χ4v) is 2.45. The van der Waals surface area contributed by atoms with Crippen LogP contribution in [0.1, 0.15) is 46.5 Å². The zero-order valence-electron chi connectivity index (χ0n) is 12.9. The summed E-state index contributed by atoms with van der Waals surface area (Å²) >= 11 is 0. The fraction of sp³-hybridized carbons (Fsp3) is 0.929. The van der Waals surface area contributed by atoms with E-state index in [9.17, 15) is 0 Å². The van der Waals surface area contributed by atoms with Gasteiger partial charge in [0.15, 0.2) is 5.96 Å². The second kappa shape index (κ2) is 10.7. The summed E-state index contributed by atoms with van der Waals surface area (Å²) in [5.41, 5.74) is 0. The zero-order chi connectivity index (χ0) is 13.4. The topological polar surface area (TPSA) is 39.7 Å². The van der Waals surface area contributed by atoms with Crippen LogP contribution >= 0.6 is 24.0 Å². The molecule has 2 N–H and O–H groups in total. The summed E-state index contributed by atoms with van der Waals surface area (Å²) in [5, 5.41) is 6.87. The van der Waals surface area contributed by atoms with E-state index < -0.39 is 0 Å². The third-order valence-electron chi connectivity index (χ3n) is 3.88. The number of likely N-dealkylation sites (tertiary alicyclic amines) is 1. The number of rotatable bonds is 5. The first-order chi connectivity index (χ1) is 8.71. The first-order valence-corrected chi connectivity index (χ1v) is 7.42. The van der Waals surface area contributed by atoms with Crippen molar-refractivity contribution in [1.82, 2.24) is 15.5 Å². The van der Waals surface area contributed by atoms with E-state index in [1.165, 1.54) is 25.8 Å². The molecule has 0 spiro atoms. The largest absolute Gasteiger partial charge is 0.355 e. The van der Waals surface area contributed by atoms with Gasteiger partial charge in [0.25, 0.3) is 0 Å². The second-order valence-corrected chi connectivity index (χ2v) is 5.18. The zero-order valence-corrected chi connectivity index (χ0v) is 15.2. The van der Waals surface area contributed by atoms with Crippen LogP contribution in [0.4, 0.5) is 0 Å². The summed E-state index contributed by atoms with van der Waals surface area (Å²) in [6.45, 7) is 10.0. The highest BCUT2D eigenvalue weighted by molar-refractivity contribution is 14.0. The Kier molecular flexibility index (Phi) is 10.7. The Morgan fingerprint density at radius 3 is 2.68 bits per heavy atom. The number of halogens is 1. The van der Waals surface area contributed by atoms with E-state index in [2.05, 4.69) is 41.3 Å². The van der Waals surface area contributed by atoms with Gasteiger partial charge in [0.2, 0.25) is 0 Å². The van der Waals surface area contributed by atoms with E-state index in [1.807, 2.05) is 7.05 Å². The van der Waals surface area contributed by atoms with Crippen LogP contribution in [0, 0.1) is 0 Å². The van der Waals surface area contributed by atoms with Crippen LogP contribution in [0.2, 0.25) is 0 Å². The summed E-state index contributed by atoms with van der Waals surface area (Å²) in [6.07, 6.45) is 5.14. The van der Waals surface area contributed by atoms with Crippen LogP contribution in [0.3, 0.4) is 0 Å². The van der Waals surface area contributed by atoms with E-state index in [0.29, 0.717) is 12.1 Å². The summed E-state index contributed by atoms with van der Waals surface area (Å²) < 4.78 is 0. The normalized spacial score (nSPS) is 22.5. The summed E-state index contributed by atoms with van der Waals surface area (Å²) in [7, 11) is 1.84. The number of likely N-dealkylation sites (N-methyl/N-ethyl adjacent to an activating group) is 1. The molecule has 0 radical (unpaired) electrons. The van der Waals surface area contributed by atoms with E-state index in [0.717, 1.165) is 25.5 Å². The molecule has 1 saturated heterocycles. The van der Waals surface area contributed by atoms with Gasteiger partial charge in [-0.25, -0.2) is 0 Å². The van der Waals surface area contributed by atoms with E-state index >= 15 is 0 Å². The Hall–Kier alpha value is -0.0400. The fourth-order valence-electron chi connectivity index (χ4n) is 2.45. The van der Waals surface area contributed by atoms with Crippen molar-refractivity contribution in [3.8, 4) is 0 Å². The molecule has 0 amide bonds. The van der Waals surface area contributed by atoms with Crippen molar-refractivity contribution in [3.63, 3.8) is 0 Å². The summed E-state index contributed by atoms with van der Waals surface area (Å²) in [4.78, 5) is 6.86. The van der Waals surface area contributed by atoms with Gasteiger partial charge in [0, 0.05) is 25.7 Å². The van der Waals surface area contributed by atoms with E-state index in [-0.39, 0.29) is 24.0 Å². The monoisotopic (exact) mass is 382 g/mol. The van der Waals surface area contributed by atoms with Crippen LogP contribution in [0.15, 0.2) is 4.99 Å². The number of hydrogen-bond acceptors (Lipinski definition) is 2. The Labute approximate surface area is 135 Å². The van der Waals surface area contributed by atoms with Gasteiger partial charge in [-0.3, -0.25) is 9.89 Å². The molecular formula is C14H31IN4. The van der Waals surface area contributed by atoms with Crippen molar-refractivity contribution in [3.05, 3.63) is 0 Å². The first-order valence-electron chi connectivity index (χ1n) is 7.42. The lowest BCUT2D eigenvalue weighted by Gasteiger charge is -2.35. The molecule has 5 heteroatoms. The third kappa shape index (κ3) is 6.79. The van der Waals surface area contributed by atoms with Crippen molar-refractivity contribution >= 4 is 29.9 Å². The van der Waals surface area contributed by atoms with Crippen molar-refractivity contribution in [2.45, 2.75) is 58.5 Å². The molecule has 1 fully saturated rings. The van der Waals surface area contributed by atoms with Gasteiger partial charge >= 0.3 is 0 Å². The van der Waals surface area contributed by atoms with Gasteiger partial charge in [0.1, 0.15) is 0 Å². The maximum atomic E-state index is 4.29. The lowest BCUT2D eigenvalue weighted by atomic mass is 10.0. The van der Waals surface area contributed by atoms with Gasteiger partial charge in [0.05, 0.1) is 0 Å². The molecule has 1 aliphatic rings. The number of nitrogens with zero attached hydrogens (tertiary/aromatic N) is 2. The Bertz CT molecular complexity index is 258. The second-order valence-electron chi connectivity index (χ2n) is 5.18. The van der Waals surface area contributed by atoms with Crippen LogP contribution in [-0.2, 0) is 0 Å². The molecule has 0 aromatic carbocycles. The smallest absolute Gasteiger partial charge is 0.191 e. The van der Waals surface area contributed by atoms with Crippen LogP contribution in [-0.4, -0.2) is 49.6 Å². The predicted octanol–water partition coefficient (Wildman–Crippen LogP) is 2.44. The maximum absolute atomic E-state index is 4.29. The van der Waals surface area contributed by atoms with Gasteiger partial charge in [-0.15, -0.1) is 24.0 Å². The lowest BCUT2D eigenvalue weighted by Crippen LogP contribution is -2.50. The molecular weight excluding hydrogens is 351 g/mol. The lowest BCUT2D eigenvalue weighted by molar-refractivity contribution is 0.157. The molecule has 19 heavy (non-hydrogen) atoms. The summed E-state index contributed by atoms with van der Waals surface area (Å²) in [6, 6.07) is 1.14. The molecule has 2 atom stereocenters. The number of guanidine groups is 1. The SMILES string of the molecule is CCC(C)NC(=NC)NCC1CCCCN1CC.I. The minimum atomic E-state index is 0. The average molecular weight is 382 g/mol. The number of piperidine rings is 1. The van der Waals surface area contributed by atoms with E-state index in [1.54, 1.807) is 0 Å². The summed E-state index contributed by atoms with van der Waals surface area (Å²) in [5.74, 6) is 0.936. The Morgan fingerprint density at radius 1 is 1.37 bits per heavy atom. The number of nitrogens with one attached hydrogen (secondary N) is 2. The van der Waals surface area contributed by atoms with Gasteiger partial charge < -0.3 is 10.6 Å². The van der Waals surface area contributed by atoms with Gasteiger partial charge in [-0.05, 0) is 39.3 Å². The van der Waals surface area contributed by atoms with Gasteiger partial charge in [-0.2, -0.15) is 0 Å². The predicted molar refractivity (Wildman–Crippen MR) is 94.6 cm³/mol. The third-order valence-corrected chi connectivity index (χ3v) is 3.88. The van der Waals surface area contributed by atoms with Crippen molar-refractivity contribution < 1.29 is 0 Å². The quantitative estimate of drug-likeness (QED) is 0.436. The van der Waals surface area contributed by atoms with Crippen LogP contribution < -0.4 is 10.6 Å². The molecule has 0 saturated carbocycles. The molecule has 0 aromatic rings. The molecule has 2 unspecified atom stereocenters. The average Bonchev–Trinajstić information content (AvgIpc) is 2.43. The molecule has 1 aliphatic heterocycles. The van der Waals surface area contributed by atoms with Crippen LogP contribution in [0.5, 0.6) is 0 Å². The van der Waals surface area contributed by atoms with Crippen molar-refractivity contribution in [2.75, 3.05) is 26.7 Å².